The quantitative estimate of drug-likeness (QED) is 0.665. The van der Waals surface area contributed by atoms with Crippen molar-refractivity contribution >= 4 is 0 Å². The van der Waals surface area contributed by atoms with Gasteiger partial charge >= 0.3 is 0 Å². The molecule has 0 N–H and O–H groups in total. The van der Waals surface area contributed by atoms with Crippen molar-refractivity contribution in [3.8, 4) is 0 Å². The molecule has 0 spiro atoms. The molecule has 0 amide bonds. The Morgan fingerprint density at radius 2 is 2.04 bits per heavy atom. The van der Waals surface area contributed by atoms with E-state index in [0.717, 1.165) is 56.6 Å². The molecule has 1 aliphatic heterocycles. The minimum absolute atomic E-state index is 0.299. The Morgan fingerprint density at radius 1 is 1.19 bits per heavy atom. The van der Waals surface area contributed by atoms with Gasteiger partial charge < -0.3 is 9.09 Å². The average molecular weight is 365 g/mol. The lowest BCUT2D eigenvalue weighted by atomic mass is 9.98. The molecule has 6 heteroatoms. The third-order valence-corrected chi connectivity index (χ3v) is 5.19. The largest absolute Gasteiger partial charge is 0.339 e. The summed E-state index contributed by atoms with van der Waals surface area (Å²) in [5, 5.41) is 4.13. The average Bonchev–Trinajstić information content (AvgIpc) is 3.33. The summed E-state index contributed by atoms with van der Waals surface area (Å²) in [5.41, 5.74) is 1.29. The highest BCUT2D eigenvalue weighted by molar-refractivity contribution is 5.16. The lowest BCUT2D eigenvalue weighted by Crippen LogP contribution is -2.35. The molecule has 3 aromatic rings. The van der Waals surface area contributed by atoms with Gasteiger partial charge in [0, 0.05) is 31.4 Å². The number of hydrogen-bond donors (Lipinski definition) is 0. The van der Waals surface area contributed by atoms with Crippen LogP contribution in [0.15, 0.2) is 47.2 Å². The van der Waals surface area contributed by atoms with Crippen LogP contribution in [0.1, 0.15) is 61.6 Å². The molecule has 1 atom stereocenters. The van der Waals surface area contributed by atoms with Gasteiger partial charge in [0.2, 0.25) is 5.89 Å². The van der Waals surface area contributed by atoms with Gasteiger partial charge in [-0.2, -0.15) is 4.98 Å². The summed E-state index contributed by atoms with van der Waals surface area (Å²) < 4.78 is 7.78. The van der Waals surface area contributed by atoms with Gasteiger partial charge in [-0.05, 0) is 24.9 Å². The molecular weight excluding hydrogens is 338 g/mol. The van der Waals surface area contributed by atoms with Crippen molar-refractivity contribution in [1.82, 2.24) is 24.6 Å². The molecule has 0 bridgehead atoms. The second-order valence-corrected chi connectivity index (χ2v) is 7.68. The third kappa shape index (κ3) is 4.27. The smallest absolute Gasteiger partial charge is 0.231 e. The Bertz CT molecular complexity index is 854. The minimum atomic E-state index is 0.299. The molecule has 1 aliphatic rings. The first kappa shape index (κ1) is 17.9. The van der Waals surface area contributed by atoms with Crippen molar-refractivity contribution in [2.75, 3.05) is 13.1 Å². The van der Waals surface area contributed by atoms with E-state index in [-0.39, 0.29) is 0 Å². The molecular formula is C21H27N5O. The molecule has 1 fully saturated rings. The number of aromatic nitrogens is 4. The predicted octanol–water partition coefficient (Wildman–Crippen LogP) is 3.82. The summed E-state index contributed by atoms with van der Waals surface area (Å²) in [6, 6.07) is 10.5. The van der Waals surface area contributed by atoms with Crippen LogP contribution < -0.4 is 0 Å². The zero-order valence-electron chi connectivity index (χ0n) is 16.1. The third-order valence-electron chi connectivity index (χ3n) is 5.19. The Hall–Kier alpha value is -2.47. The molecule has 27 heavy (non-hydrogen) atoms. The van der Waals surface area contributed by atoms with Crippen LogP contribution >= 0.6 is 0 Å². The highest BCUT2D eigenvalue weighted by Crippen LogP contribution is 2.27. The summed E-state index contributed by atoms with van der Waals surface area (Å²) in [6.07, 6.45) is 6.21. The van der Waals surface area contributed by atoms with Crippen LogP contribution in [-0.4, -0.2) is 37.7 Å². The lowest BCUT2D eigenvalue weighted by molar-refractivity contribution is 0.175. The van der Waals surface area contributed by atoms with E-state index >= 15 is 0 Å². The number of hydrogen-bond acceptors (Lipinski definition) is 5. The van der Waals surface area contributed by atoms with Gasteiger partial charge in [-0.1, -0.05) is 49.3 Å². The van der Waals surface area contributed by atoms with E-state index in [1.54, 1.807) is 0 Å². The Kier molecular flexibility index (Phi) is 5.34. The van der Waals surface area contributed by atoms with Crippen LogP contribution in [0.5, 0.6) is 0 Å². The maximum Gasteiger partial charge on any atom is 0.231 e. The molecule has 3 heterocycles. The molecule has 0 aliphatic carbocycles. The minimum Gasteiger partial charge on any atom is -0.339 e. The summed E-state index contributed by atoms with van der Waals surface area (Å²) in [6.45, 7) is 7.91. The SMILES string of the molecule is CC(C)c1noc([C@H]2CCCN(Cc3nccn3Cc3ccccc3)C2)n1. The first-order valence-electron chi connectivity index (χ1n) is 9.79. The van der Waals surface area contributed by atoms with Crippen LogP contribution in [0.4, 0.5) is 0 Å². The Morgan fingerprint density at radius 3 is 2.81 bits per heavy atom. The van der Waals surface area contributed by atoms with Gasteiger partial charge in [-0.3, -0.25) is 4.90 Å². The molecule has 142 valence electrons. The van der Waals surface area contributed by atoms with Gasteiger partial charge in [0.1, 0.15) is 5.82 Å². The first-order valence-corrected chi connectivity index (χ1v) is 9.79. The van der Waals surface area contributed by atoms with E-state index in [1.165, 1.54) is 5.56 Å². The first-order chi connectivity index (χ1) is 13.2. The van der Waals surface area contributed by atoms with Gasteiger partial charge in [0.25, 0.3) is 0 Å². The van der Waals surface area contributed by atoms with Crippen LogP contribution in [0.2, 0.25) is 0 Å². The highest BCUT2D eigenvalue weighted by Gasteiger charge is 2.27. The molecule has 0 saturated carbocycles. The molecule has 6 nitrogen and oxygen atoms in total. The molecule has 1 aromatic carbocycles. The van der Waals surface area contributed by atoms with Gasteiger partial charge in [-0.15, -0.1) is 0 Å². The summed E-state index contributed by atoms with van der Waals surface area (Å²) >= 11 is 0. The monoisotopic (exact) mass is 365 g/mol. The van der Waals surface area contributed by atoms with Crippen LogP contribution in [0.3, 0.4) is 0 Å². The second-order valence-electron chi connectivity index (χ2n) is 7.68. The van der Waals surface area contributed by atoms with Gasteiger partial charge in [0.15, 0.2) is 5.82 Å². The van der Waals surface area contributed by atoms with E-state index in [2.05, 4.69) is 75.0 Å². The fourth-order valence-corrected chi connectivity index (χ4v) is 3.66. The maximum atomic E-state index is 5.54. The van der Waals surface area contributed by atoms with E-state index < -0.39 is 0 Å². The van der Waals surface area contributed by atoms with Crippen molar-refractivity contribution in [3.05, 3.63) is 65.8 Å². The number of likely N-dealkylation sites (tertiary alicyclic amines) is 1. The van der Waals surface area contributed by atoms with E-state index in [9.17, 15) is 0 Å². The van der Waals surface area contributed by atoms with Crippen LogP contribution in [-0.2, 0) is 13.1 Å². The van der Waals surface area contributed by atoms with E-state index in [1.807, 2.05) is 6.20 Å². The predicted molar refractivity (Wildman–Crippen MR) is 103 cm³/mol. The number of rotatable bonds is 6. The maximum absolute atomic E-state index is 5.54. The summed E-state index contributed by atoms with van der Waals surface area (Å²) in [7, 11) is 0. The molecule has 4 rings (SSSR count). The molecule has 2 aromatic heterocycles. The fourth-order valence-electron chi connectivity index (χ4n) is 3.66. The molecule has 0 radical (unpaired) electrons. The van der Waals surface area contributed by atoms with Gasteiger partial charge in [-0.25, -0.2) is 4.98 Å². The van der Waals surface area contributed by atoms with Crippen LogP contribution in [0.25, 0.3) is 0 Å². The zero-order chi connectivity index (χ0) is 18.6. The van der Waals surface area contributed by atoms with E-state index in [0.29, 0.717) is 11.8 Å². The van der Waals surface area contributed by atoms with Gasteiger partial charge in [0.05, 0.1) is 12.5 Å². The second kappa shape index (κ2) is 8.05. The van der Waals surface area contributed by atoms with Crippen molar-refractivity contribution < 1.29 is 4.52 Å². The Labute approximate surface area is 160 Å². The molecule has 1 saturated heterocycles. The molecule has 0 unspecified atom stereocenters. The topological polar surface area (TPSA) is 60.0 Å². The zero-order valence-corrected chi connectivity index (χ0v) is 16.1. The summed E-state index contributed by atoms with van der Waals surface area (Å²) in [5.74, 6) is 3.31. The fraction of sp³-hybridized carbons (Fsp3) is 0.476. The lowest BCUT2D eigenvalue weighted by Gasteiger charge is -2.30. The van der Waals surface area contributed by atoms with Crippen LogP contribution in [0, 0.1) is 0 Å². The highest BCUT2D eigenvalue weighted by atomic mass is 16.5. The number of benzene rings is 1. The van der Waals surface area contributed by atoms with E-state index in [4.69, 9.17) is 4.52 Å². The van der Waals surface area contributed by atoms with Crippen molar-refractivity contribution in [2.45, 2.75) is 51.6 Å². The van der Waals surface area contributed by atoms with Crippen molar-refractivity contribution in [2.24, 2.45) is 0 Å². The summed E-state index contributed by atoms with van der Waals surface area (Å²) in [4.78, 5) is 11.7. The van der Waals surface area contributed by atoms with Crippen molar-refractivity contribution in [3.63, 3.8) is 0 Å². The number of nitrogens with zero attached hydrogens (tertiary/aromatic N) is 5. The van der Waals surface area contributed by atoms with Crippen molar-refractivity contribution in [1.29, 1.82) is 0 Å². The number of piperidine rings is 1. The normalized spacial score (nSPS) is 18.3. The standard InChI is InChI=1S/C21H27N5O/c1-16(2)20-23-21(27-24-20)18-9-6-11-25(14-18)15-19-22-10-12-26(19)13-17-7-4-3-5-8-17/h3-5,7-8,10,12,16,18H,6,9,11,13-15H2,1-2H3/t18-/m0/s1. The Balaban J connectivity index is 1.42. The number of imidazole rings is 1.